The Bertz CT molecular complexity index is 1230. The minimum atomic E-state index is -0.533. The predicted octanol–water partition coefficient (Wildman–Crippen LogP) is 4.21. The number of carbonyl (C=O) groups excluding carboxylic acids is 1. The maximum Gasteiger partial charge on any atom is 0.293 e. The molecule has 10 heteroatoms. The first-order valence-corrected chi connectivity index (χ1v) is 10.8. The van der Waals surface area contributed by atoms with Crippen LogP contribution in [0.1, 0.15) is 16.0 Å². The standard InChI is InChI=1S/C20H20N4O4S2/c1-5-8-23-19(26)17-12(3)13(4)30-18(17)22-20(23)29-10-16(25)21-14-7-6-11(2)9-15(14)24(27)28/h5-7,9H,1,8,10H2,2-4H3,(H,21,25). The second-order valence-corrected chi connectivity index (χ2v) is 8.82. The molecule has 2 heterocycles. The van der Waals surface area contributed by atoms with E-state index in [1.54, 1.807) is 19.1 Å². The number of carbonyl (C=O) groups is 1. The normalized spacial score (nSPS) is 10.9. The highest BCUT2D eigenvalue weighted by molar-refractivity contribution is 7.99. The van der Waals surface area contributed by atoms with Gasteiger partial charge in [0.1, 0.15) is 10.5 Å². The van der Waals surface area contributed by atoms with E-state index in [0.717, 1.165) is 27.8 Å². The van der Waals surface area contributed by atoms with Gasteiger partial charge in [0.05, 0.1) is 16.1 Å². The van der Waals surface area contributed by atoms with Crippen LogP contribution in [0.5, 0.6) is 0 Å². The number of aromatic nitrogens is 2. The number of fused-ring (bicyclic) bond motifs is 1. The summed E-state index contributed by atoms with van der Waals surface area (Å²) in [6.45, 7) is 9.53. The number of nitro benzene ring substituents is 1. The van der Waals surface area contributed by atoms with Gasteiger partial charge < -0.3 is 5.32 Å². The molecule has 0 bridgehead atoms. The van der Waals surface area contributed by atoms with Gasteiger partial charge in [0.2, 0.25) is 5.91 Å². The molecule has 1 N–H and O–H groups in total. The number of rotatable bonds is 7. The summed E-state index contributed by atoms with van der Waals surface area (Å²) in [7, 11) is 0. The summed E-state index contributed by atoms with van der Waals surface area (Å²) in [5, 5.41) is 14.8. The summed E-state index contributed by atoms with van der Waals surface area (Å²) in [6.07, 6.45) is 1.60. The second kappa shape index (κ2) is 8.80. The fourth-order valence-electron chi connectivity index (χ4n) is 2.92. The van der Waals surface area contributed by atoms with Crippen molar-refractivity contribution in [1.29, 1.82) is 0 Å². The molecule has 0 atom stereocenters. The molecular formula is C20H20N4O4S2. The van der Waals surface area contributed by atoms with Crippen molar-refractivity contribution < 1.29 is 9.72 Å². The van der Waals surface area contributed by atoms with Crippen molar-refractivity contribution in [2.45, 2.75) is 32.5 Å². The Labute approximate surface area is 180 Å². The van der Waals surface area contributed by atoms with Crippen LogP contribution >= 0.6 is 23.1 Å². The van der Waals surface area contributed by atoms with E-state index in [9.17, 15) is 19.7 Å². The largest absolute Gasteiger partial charge is 0.320 e. The SMILES string of the molecule is C=CCn1c(SCC(=O)Nc2ccc(C)cc2[N+](=O)[O-])nc2sc(C)c(C)c2c1=O. The van der Waals surface area contributed by atoms with Crippen LogP contribution in [0.3, 0.4) is 0 Å². The zero-order chi connectivity index (χ0) is 22.0. The predicted molar refractivity (Wildman–Crippen MR) is 121 cm³/mol. The molecule has 2 aromatic heterocycles. The minimum absolute atomic E-state index is 0.0521. The van der Waals surface area contributed by atoms with Crippen LogP contribution in [-0.4, -0.2) is 26.1 Å². The van der Waals surface area contributed by atoms with Gasteiger partial charge in [0.15, 0.2) is 5.16 Å². The molecule has 0 unspecified atom stereocenters. The highest BCUT2D eigenvalue weighted by Gasteiger charge is 2.19. The third-order valence-electron chi connectivity index (χ3n) is 4.52. The van der Waals surface area contributed by atoms with E-state index in [1.165, 1.54) is 28.0 Å². The van der Waals surface area contributed by atoms with E-state index in [2.05, 4.69) is 16.9 Å². The van der Waals surface area contributed by atoms with Gasteiger partial charge in [-0.1, -0.05) is 23.9 Å². The molecule has 1 aromatic carbocycles. The number of hydrogen-bond donors (Lipinski definition) is 1. The lowest BCUT2D eigenvalue weighted by Crippen LogP contribution is -2.23. The lowest BCUT2D eigenvalue weighted by atomic mass is 10.2. The first-order chi connectivity index (χ1) is 14.2. The Balaban J connectivity index is 1.86. The third kappa shape index (κ3) is 4.29. The van der Waals surface area contributed by atoms with Crippen molar-refractivity contribution >= 4 is 50.6 Å². The summed E-state index contributed by atoms with van der Waals surface area (Å²) in [5.41, 5.74) is 1.43. The molecule has 0 aliphatic carbocycles. The molecule has 0 radical (unpaired) electrons. The number of benzene rings is 1. The lowest BCUT2D eigenvalue weighted by Gasteiger charge is -2.11. The first-order valence-electron chi connectivity index (χ1n) is 9.02. The molecule has 3 aromatic rings. The summed E-state index contributed by atoms with van der Waals surface area (Å²) < 4.78 is 1.49. The number of thioether (sulfide) groups is 1. The van der Waals surface area contributed by atoms with Gasteiger partial charge >= 0.3 is 0 Å². The van der Waals surface area contributed by atoms with Gasteiger partial charge in [-0.15, -0.1) is 17.9 Å². The molecule has 8 nitrogen and oxygen atoms in total. The first kappa shape index (κ1) is 21.7. The molecule has 156 valence electrons. The molecule has 0 aliphatic rings. The maximum absolute atomic E-state index is 13.0. The molecular weight excluding hydrogens is 424 g/mol. The number of amides is 1. The lowest BCUT2D eigenvalue weighted by molar-refractivity contribution is -0.384. The number of nitrogens with zero attached hydrogens (tertiary/aromatic N) is 3. The molecule has 0 spiro atoms. The summed E-state index contributed by atoms with van der Waals surface area (Å²) in [5.74, 6) is -0.478. The van der Waals surface area contributed by atoms with Crippen molar-refractivity contribution in [3.8, 4) is 0 Å². The topological polar surface area (TPSA) is 107 Å². The Kier molecular flexibility index (Phi) is 6.37. The fraction of sp³-hybridized carbons (Fsp3) is 0.250. The van der Waals surface area contributed by atoms with Gasteiger partial charge in [-0.3, -0.25) is 24.3 Å². The highest BCUT2D eigenvalue weighted by atomic mass is 32.2. The van der Waals surface area contributed by atoms with Crippen molar-refractivity contribution in [3.05, 3.63) is 67.3 Å². The molecule has 1 amide bonds. The zero-order valence-electron chi connectivity index (χ0n) is 16.7. The van der Waals surface area contributed by atoms with Crippen molar-refractivity contribution in [3.63, 3.8) is 0 Å². The van der Waals surface area contributed by atoms with Crippen LogP contribution in [0.15, 0.2) is 40.8 Å². The van der Waals surface area contributed by atoms with Crippen LogP contribution in [0.4, 0.5) is 11.4 Å². The minimum Gasteiger partial charge on any atom is -0.320 e. The van der Waals surface area contributed by atoms with E-state index in [4.69, 9.17) is 0 Å². The highest BCUT2D eigenvalue weighted by Crippen LogP contribution is 2.29. The quantitative estimate of drug-likeness (QED) is 0.192. The second-order valence-electron chi connectivity index (χ2n) is 6.68. The summed E-state index contributed by atoms with van der Waals surface area (Å²) >= 11 is 2.54. The van der Waals surface area contributed by atoms with E-state index < -0.39 is 10.8 Å². The smallest absolute Gasteiger partial charge is 0.293 e. The van der Waals surface area contributed by atoms with E-state index in [-0.39, 0.29) is 29.2 Å². The van der Waals surface area contributed by atoms with Crippen LogP contribution in [0.25, 0.3) is 10.2 Å². The number of aryl methyl sites for hydroxylation is 3. The van der Waals surface area contributed by atoms with Gasteiger partial charge in [-0.05, 0) is 38.0 Å². The summed E-state index contributed by atoms with van der Waals surface area (Å²) in [6, 6.07) is 4.60. The summed E-state index contributed by atoms with van der Waals surface area (Å²) in [4.78, 5) is 42.3. The molecule has 0 aliphatic heterocycles. The van der Waals surface area contributed by atoms with Crippen molar-refractivity contribution in [2.75, 3.05) is 11.1 Å². The third-order valence-corrected chi connectivity index (χ3v) is 6.60. The van der Waals surface area contributed by atoms with Gasteiger partial charge in [0, 0.05) is 17.5 Å². The maximum atomic E-state index is 13.0. The number of nitro groups is 1. The van der Waals surface area contributed by atoms with Gasteiger partial charge in [-0.25, -0.2) is 4.98 Å². The van der Waals surface area contributed by atoms with Gasteiger partial charge in [0.25, 0.3) is 11.2 Å². The van der Waals surface area contributed by atoms with Crippen molar-refractivity contribution in [1.82, 2.24) is 9.55 Å². The Morgan fingerprint density at radius 2 is 2.13 bits per heavy atom. The molecule has 0 fully saturated rings. The number of thiophene rings is 1. The molecule has 30 heavy (non-hydrogen) atoms. The number of hydrogen-bond acceptors (Lipinski definition) is 7. The fourth-order valence-corrected chi connectivity index (χ4v) is 4.80. The Morgan fingerprint density at radius 3 is 2.80 bits per heavy atom. The van der Waals surface area contributed by atoms with E-state index in [1.807, 2.05) is 13.8 Å². The van der Waals surface area contributed by atoms with Crippen LogP contribution in [-0.2, 0) is 11.3 Å². The van der Waals surface area contributed by atoms with E-state index >= 15 is 0 Å². The number of nitrogens with one attached hydrogen (secondary N) is 1. The Hall–Kier alpha value is -2.98. The molecule has 3 rings (SSSR count). The monoisotopic (exact) mass is 444 g/mol. The van der Waals surface area contributed by atoms with Crippen LogP contribution in [0.2, 0.25) is 0 Å². The zero-order valence-corrected chi connectivity index (χ0v) is 18.4. The average molecular weight is 445 g/mol. The van der Waals surface area contributed by atoms with Crippen molar-refractivity contribution in [2.24, 2.45) is 0 Å². The molecule has 0 saturated carbocycles. The van der Waals surface area contributed by atoms with E-state index in [0.29, 0.717) is 15.4 Å². The average Bonchev–Trinajstić information content (AvgIpc) is 2.98. The Morgan fingerprint density at radius 1 is 1.40 bits per heavy atom. The van der Waals surface area contributed by atoms with Gasteiger partial charge in [-0.2, -0.15) is 0 Å². The van der Waals surface area contributed by atoms with Crippen LogP contribution < -0.4 is 10.9 Å². The number of allylic oxidation sites excluding steroid dienone is 1. The molecule has 0 saturated heterocycles. The van der Waals surface area contributed by atoms with Crippen LogP contribution in [0, 0.1) is 30.9 Å². The number of anilines is 1.